The fourth-order valence-corrected chi connectivity index (χ4v) is 2.11. The Balaban J connectivity index is 2.02. The number of rotatable bonds is 2. The topological polar surface area (TPSA) is 52.0 Å². The van der Waals surface area contributed by atoms with Crippen molar-refractivity contribution in [2.45, 2.75) is 6.92 Å². The molecule has 0 fully saturated rings. The van der Waals surface area contributed by atoms with Crippen molar-refractivity contribution in [3.05, 3.63) is 60.0 Å². The summed E-state index contributed by atoms with van der Waals surface area (Å²) in [5.41, 5.74) is 8.85. The summed E-state index contributed by atoms with van der Waals surface area (Å²) in [6, 6.07) is 11.9. The number of oxazole rings is 1. The van der Waals surface area contributed by atoms with Gasteiger partial charge >= 0.3 is 0 Å². The first kappa shape index (κ1) is 12.4. The molecule has 0 unspecified atom stereocenters. The molecular weight excluding hydrogens is 255 g/mol. The highest BCUT2D eigenvalue weighted by Crippen LogP contribution is 2.29. The van der Waals surface area contributed by atoms with Gasteiger partial charge in [-0.2, -0.15) is 0 Å². The summed E-state index contributed by atoms with van der Waals surface area (Å²) >= 11 is 0. The highest BCUT2D eigenvalue weighted by Gasteiger charge is 2.11. The van der Waals surface area contributed by atoms with E-state index in [1.54, 1.807) is 24.4 Å². The van der Waals surface area contributed by atoms with Gasteiger partial charge in [-0.1, -0.05) is 6.07 Å². The summed E-state index contributed by atoms with van der Waals surface area (Å²) in [5.74, 6) is 0.845. The largest absolute Gasteiger partial charge is 0.436 e. The van der Waals surface area contributed by atoms with E-state index in [0.717, 1.165) is 16.7 Å². The number of nitrogen functional groups attached to an aromatic ring is 1. The van der Waals surface area contributed by atoms with Crippen molar-refractivity contribution in [2.75, 3.05) is 5.73 Å². The minimum Gasteiger partial charge on any atom is -0.436 e. The van der Waals surface area contributed by atoms with Gasteiger partial charge in [0.05, 0.1) is 6.20 Å². The smallest absolute Gasteiger partial charge is 0.226 e. The Hall–Kier alpha value is -2.62. The Kier molecular flexibility index (Phi) is 2.99. The predicted octanol–water partition coefficient (Wildman–Crippen LogP) is 4.04. The molecule has 0 aliphatic heterocycles. The van der Waals surface area contributed by atoms with E-state index in [1.165, 1.54) is 12.1 Å². The summed E-state index contributed by atoms with van der Waals surface area (Å²) in [7, 11) is 0. The van der Waals surface area contributed by atoms with Gasteiger partial charge in [-0.05, 0) is 48.9 Å². The lowest BCUT2D eigenvalue weighted by molar-refractivity contribution is 0.587. The molecule has 0 radical (unpaired) electrons. The van der Waals surface area contributed by atoms with E-state index in [0.29, 0.717) is 17.3 Å². The second-order valence-electron chi connectivity index (χ2n) is 4.61. The standard InChI is InChI=1S/C16H13FN2O/c1-10-7-12(17)5-6-14(10)15-9-19-16(20-15)11-3-2-4-13(18)8-11/h2-9H,18H2,1H3. The van der Waals surface area contributed by atoms with Crippen LogP contribution in [0.5, 0.6) is 0 Å². The summed E-state index contributed by atoms with van der Waals surface area (Å²) in [6.07, 6.45) is 1.64. The Morgan fingerprint density at radius 2 is 2.00 bits per heavy atom. The SMILES string of the molecule is Cc1cc(F)ccc1-c1cnc(-c2cccc(N)c2)o1. The van der Waals surface area contributed by atoms with Crippen LogP contribution >= 0.6 is 0 Å². The van der Waals surface area contributed by atoms with Crippen molar-refractivity contribution in [3.8, 4) is 22.8 Å². The third-order valence-electron chi connectivity index (χ3n) is 3.09. The van der Waals surface area contributed by atoms with Crippen LogP contribution in [0.25, 0.3) is 22.8 Å². The average molecular weight is 268 g/mol. The highest BCUT2D eigenvalue weighted by atomic mass is 19.1. The minimum atomic E-state index is -0.262. The maximum absolute atomic E-state index is 13.1. The van der Waals surface area contributed by atoms with Crippen LogP contribution in [0.2, 0.25) is 0 Å². The zero-order valence-electron chi connectivity index (χ0n) is 10.9. The third-order valence-corrected chi connectivity index (χ3v) is 3.09. The van der Waals surface area contributed by atoms with E-state index in [-0.39, 0.29) is 5.82 Å². The number of aryl methyl sites for hydroxylation is 1. The molecule has 1 heterocycles. The van der Waals surface area contributed by atoms with Gasteiger partial charge in [0.25, 0.3) is 0 Å². The fourth-order valence-electron chi connectivity index (χ4n) is 2.11. The van der Waals surface area contributed by atoms with Crippen LogP contribution in [-0.2, 0) is 0 Å². The maximum Gasteiger partial charge on any atom is 0.226 e. The molecule has 3 nitrogen and oxygen atoms in total. The van der Waals surface area contributed by atoms with Crippen molar-refractivity contribution < 1.29 is 8.81 Å². The quantitative estimate of drug-likeness (QED) is 0.714. The average Bonchev–Trinajstić information content (AvgIpc) is 2.88. The van der Waals surface area contributed by atoms with Crippen LogP contribution in [-0.4, -0.2) is 4.98 Å². The Labute approximate surface area is 115 Å². The molecule has 2 aromatic carbocycles. The lowest BCUT2D eigenvalue weighted by Crippen LogP contribution is -1.84. The molecule has 2 N–H and O–H groups in total. The van der Waals surface area contributed by atoms with E-state index in [4.69, 9.17) is 10.2 Å². The Morgan fingerprint density at radius 3 is 2.75 bits per heavy atom. The van der Waals surface area contributed by atoms with E-state index in [2.05, 4.69) is 4.98 Å². The van der Waals surface area contributed by atoms with Gasteiger partial charge in [0.2, 0.25) is 5.89 Å². The van der Waals surface area contributed by atoms with Crippen LogP contribution in [0, 0.1) is 12.7 Å². The monoisotopic (exact) mass is 268 g/mol. The number of nitrogens with zero attached hydrogens (tertiary/aromatic N) is 1. The first-order valence-electron chi connectivity index (χ1n) is 6.22. The van der Waals surface area contributed by atoms with Gasteiger partial charge in [-0.15, -0.1) is 0 Å². The second kappa shape index (κ2) is 4.81. The first-order chi connectivity index (χ1) is 9.63. The van der Waals surface area contributed by atoms with Crippen molar-refractivity contribution in [3.63, 3.8) is 0 Å². The van der Waals surface area contributed by atoms with Crippen molar-refractivity contribution in [2.24, 2.45) is 0 Å². The summed E-state index contributed by atoms with van der Waals surface area (Å²) < 4.78 is 18.9. The number of benzene rings is 2. The normalized spacial score (nSPS) is 10.7. The number of nitrogens with two attached hydrogens (primary N) is 1. The molecular formula is C16H13FN2O. The lowest BCUT2D eigenvalue weighted by atomic mass is 10.1. The maximum atomic E-state index is 13.1. The first-order valence-corrected chi connectivity index (χ1v) is 6.22. The number of aromatic nitrogens is 1. The van der Waals surface area contributed by atoms with Gasteiger partial charge in [0.1, 0.15) is 5.82 Å². The zero-order valence-corrected chi connectivity index (χ0v) is 10.9. The molecule has 0 bridgehead atoms. The number of anilines is 1. The highest BCUT2D eigenvalue weighted by molar-refractivity contribution is 5.65. The molecule has 0 amide bonds. The number of hydrogen-bond acceptors (Lipinski definition) is 3. The zero-order chi connectivity index (χ0) is 14.1. The Morgan fingerprint density at radius 1 is 1.15 bits per heavy atom. The Bertz CT molecular complexity index is 765. The van der Waals surface area contributed by atoms with Crippen molar-refractivity contribution >= 4 is 5.69 Å². The predicted molar refractivity (Wildman–Crippen MR) is 76.5 cm³/mol. The van der Waals surface area contributed by atoms with Gasteiger partial charge in [0, 0.05) is 16.8 Å². The third kappa shape index (κ3) is 2.28. The van der Waals surface area contributed by atoms with E-state index in [9.17, 15) is 4.39 Å². The molecule has 0 saturated carbocycles. The minimum absolute atomic E-state index is 0.262. The molecule has 1 aromatic heterocycles. The molecule has 0 saturated heterocycles. The summed E-state index contributed by atoms with van der Waals surface area (Å²) in [5, 5.41) is 0. The van der Waals surface area contributed by atoms with Crippen molar-refractivity contribution in [1.29, 1.82) is 0 Å². The molecule has 20 heavy (non-hydrogen) atoms. The van der Waals surface area contributed by atoms with Crippen LogP contribution in [0.3, 0.4) is 0 Å². The lowest BCUT2D eigenvalue weighted by Gasteiger charge is -2.02. The number of halogens is 1. The molecule has 4 heteroatoms. The summed E-state index contributed by atoms with van der Waals surface area (Å²) in [6.45, 7) is 1.83. The van der Waals surface area contributed by atoms with Crippen LogP contribution in [0.4, 0.5) is 10.1 Å². The van der Waals surface area contributed by atoms with Gasteiger partial charge in [-0.3, -0.25) is 0 Å². The molecule has 0 aliphatic carbocycles. The van der Waals surface area contributed by atoms with Gasteiger partial charge in [0.15, 0.2) is 5.76 Å². The molecule has 100 valence electrons. The molecule has 0 spiro atoms. The van der Waals surface area contributed by atoms with E-state index in [1.807, 2.05) is 19.1 Å². The van der Waals surface area contributed by atoms with E-state index >= 15 is 0 Å². The van der Waals surface area contributed by atoms with E-state index < -0.39 is 0 Å². The summed E-state index contributed by atoms with van der Waals surface area (Å²) in [4.78, 5) is 4.25. The molecule has 3 aromatic rings. The molecule has 0 aliphatic rings. The second-order valence-corrected chi connectivity index (χ2v) is 4.61. The van der Waals surface area contributed by atoms with Gasteiger partial charge in [-0.25, -0.2) is 9.37 Å². The molecule has 3 rings (SSSR count). The van der Waals surface area contributed by atoms with Crippen molar-refractivity contribution in [1.82, 2.24) is 4.98 Å². The molecule has 0 atom stereocenters. The van der Waals surface area contributed by atoms with Gasteiger partial charge < -0.3 is 10.2 Å². The van der Waals surface area contributed by atoms with Crippen LogP contribution in [0.1, 0.15) is 5.56 Å². The fraction of sp³-hybridized carbons (Fsp3) is 0.0625. The van der Waals surface area contributed by atoms with Crippen LogP contribution < -0.4 is 5.73 Å². The number of hydrogen-bond donors (Lipinski definition) is 1. The van der Waals surface area contributed by atoms with Crippen LogP contribution in [0.15, 0.2) is 53.1 Å².